The van der Waals surface area contributed by atoms with Crippen LogP contribution in [0.5, 0.6) is 0 Å². The molecule has 0 saturated carbocycles. The van der Waals surface area contributed by atoms with Crippen molar-refractivity contribution in [2.24, 2.45) is 0 Å². The van der Waals surface area contributed by atoms with E-state index in [1.54, 1.807) is 34.6 Å². The topological polar surface area (TPSA) is 81.7 Å². The van der Waals surface area contributed by atoms with Crippen molar-refractivity contribution >= 4 is 34.2 Å². The smallest absolute Gasteiger partial charge is 0.348 e. The van der Waals surface area contributed by atoms with Crippen molar-refractivity contribution in [3.8, 4) is 0 Å². The second-order valence-electron chi connectivity index (χ2n) is 4.91. The zero-order valence-corrected chi connectivity index (χ0v) is 14.8. The Kier molecular flexibility index (Phi) is 6.96. The summed E-state index contributed by atoms with van der Waals surface area (Å²) in [5, 5.41) is 2.92. The molecule has 7 heteroatoms. The quantitative estimate of drug-likeness (QED) is 0.635. The highest BCUT2D eigenvalue weighted by molar-refractivity contribution is 7.18. The van der Waals surface area contributed by atoms with Crippen molar-refractivity contribution in [2.45, 2.75) is 34.6 Å². The van der Waals surface area contributed by atoms with Gasteiger partial charge in [-0.25, -0.2) is 9.59 Å². The van der Waals surface area contributed by atoms with Crippen LogP contribution < -0.4 is 5.32 Å². The number of carbonyl (C=O) groups is 3. The van der Waals surface area contributed by atoms with Gasteiger partial charge in [-0.15, -0.1) is 11.3 Å². The van der Waals surface area contributed by atoms with Gasteiger partial charge in [0, 0.05) is 6.08 Å². The van der Waals surface area contributed by atoms with Crippen LogP contribution >= 0.6 is 11.3 Å². The van der Waals surface area contributed by atoms with E-state index < -0.39 is 11.9 Å². The van der Waals surface area contributed by atoms with E-state index in [1.165, 1.54) is 6.08 Å². The molecule has 1 amide bonds. The first-order valence-electron chi connectivity index (χ1n) is 7.25. The predicted octanol–water partition coefficient (Wildman–Crippen LogP) is 3.31. The number of amides is 1. The first kappa shape index (κ1) is 18.9. The van der Waals surface area contributed by atoms with E-state index in [9.17, 15) is 14.4 Å². The normalized spacial score (nSPS) is 9.96. The largest absolute Gasteiger partial charge is 0.462 e. The fourth-order valence-electron chi connectivity index (χ4n) is 1.85. The Balaban J connectivity index is 3.28. The molecule has 0 aliphatic rings. The maximum Gasteiger partial charge on any atom is 0.348 e. The number of allylic oxidation sites excluding steroid dienone is 1. The molecule has 1 rings (SSSR count). The molecule has 23 heavy (non-hydrogen) atoms. The van der Waals surface area contributed by atoms with E-state index in [0.717, 1.165) is 16.9 Å². The van der Waals surface area contributed by atoms with E-state index >= 15 is 0 Å². The van der Waals surface area contributed by atoms with Gasteiger partial charge in [-0.05, 0) is 40.2 Å². The number of thiophene rings is 1. The van der Waals surface area contributed by atoms with Gasteiger partial charge in [-0.3, -0.25) is 4.79 Å². The summed E-state index contributed by atoms with van der Waals surface area (Å²) < 4.78 is 10.00. The minimum atomic E-state index is -0.579. The summed E-state index contributed by atoms with van der Waals surface area (Å²) in [6, 6.07) is 0. The van der Waals surface area contributed by atoms with Gasteiger partial charge in [0.15, 0.2) is 0 Å². The lowest BCUT2D eigenvalue weighted by Gasteiger charge is -2.05. The Labute approximate surface area is 139 Å². The molecule has 0 fully saturated rings. The molecule has 1 N–H and O–H groups in total. The zero-order valence-electron chi connectivity index (χ0n) is 13.9. The molecule has 1 aromatic heterocycles. The van der Waals surface area contributed by atoms with Gasteiger partial charge in [0.1, 0.15) is 9.88 Å². The number of esters is 2. The van der Waals surface area contributed by atoms with Crippen LogP contribution in [0, 0.1) is 6.92 Å². The monoisotopic (exact) mass is 339 g/mol. The number of rotatable bonds is 6. The number of nitrogens with one attached hydrogen (secondary N) is 1. The van der Waals surface area contributed by atoms with E-state index in [2.05, 4.69) is 5.32 Å². The SMILES string of the molecule is CCOC(=O)c1sc(NC(=O)C=C(C)C)c(C(=O)OCC)c1C. The lowest BCUT2D eigenvalue weighted by Crippen LogP contribution is -2.13. The zero-order chi connectivity index (χ0) is 17.6. The minimum absolute atomic E-state index is 0.190. The highest BCUT2D eigenvalue weighted by atomic mass is 32.1. The summed E-state index contributed by atoms with van der Waals surface area (Å²) in [5.74, 6) is -1.47. The van der Waals surface area contributed by atoms with Crippen LogP contribution in [0.4, 0.5) is 5.00 Å². The summed E-state index contributed by atoms with van der Waals surface area (Å²) in [6.07, 6.45) is 1.41. The van der Waals surface area contributed by atoms with Crippen molar-refractivity contribution in [3.05, 3.63) is 27.7 Å². The standard InChI is InChI=1S/C16H21NO5S/c1-6-21-15(19)12-10(5)13(16(20)22-7-2)23-14(12)17-11(18)8-9(3)4/h8H,6-7H2,1-5H3,(H,17,18). The number of anilines is 1. The first-order chi connectivity index (χ1) is 10.8. The van der Waals surface area contributed by atoms with Gasteiger partial charge in [-0.1, -0.05) is 5.57 Å². The van der Waals surface area contributed by atoms with Crippen molar-refractivity contribution in [1.82, 2.24) is 0 Å². The Morgan fingerprint density at radius 2 is 1.65 bits per heavy atom. The summed E-state index contributed by atoms with van der Waals surface area (Å²) in [7, 11) is 0. The molecule has 0 atom stereocenters. The van der Waals surface area contributed by atoms with Crippen LogP contribution in [0.1, 0.15) is 53.3 Å². The van der Waals surface area contributed by atoms with Gasteiger partial charge >= 0.3 is 11.9 Å². The molecular weight excluding hydrogens is 318 g/mol. The molecule has 1 heterocycles. The number of ether oxygens (including phenoxy) is 2. The van der Waals surface area contributed by atoms with E-state index in [0.29, 0.717) is 5.56 Å². The molecule has 126 valence electrons. The van der Waals surface area contributed by atoms with E-state index in [1.807, 2.05) is 0 Å². The summed E-state index contributed by atoms with van der Waals surface area (Å²) >= 11 is 1.01. The van der Waals surface area contributed by atoms with Crippen molar-refractivity contribution in [1.29, 1.82) is 0 Å². The first-order valence-corrected chi connectivity index (χ1v) is 8.06. The Bertz CT molecular complexity index is 641. The number of hydrogen-bond donors (Lipinski definition) is 1. The van der Waals surface area contributed by atoms with Crippen molar-refractivity contribution in [2.75, 3.05) is 18.5 Å². The third-order valence-electron chi connectivity index (χ3n) is 2.74. The lowest BCUT2D eigenvalue weighted by atomic mass is 10.1. The van der Waals surface area contributed by atoms with Gasteiger partial charge in [0.2, 0.25) is 5.91 Å². The molecule has 1 aromatic rings. The average molecular weight is 339 g/mol. The highest BCUT2D eigenvalue weighted by Gasteiger charge is 2.26. The summed E-state index contributed by atoms with van der Waals surface area (Å²) in [5.41, 5.74) is 1.45. The van der Waals surface area contributed by atoms with Crippen LogP contribution in [0.15, 0.2) is 11.6 Å². The second kappa shape index (κ2) is 8.47. The van der Waals surface area contributed by atoms with Gasteiger partial charge in [0.25, 0.3) is 0 Å². The fraction of sp³-hybridized carbons (Fsp3) is 0.438. The number of carbonyl (C=O) groups excluding carboxylic acids is 3. The highest BCUT2D eigenvalue weighted by Crippen LogP contribution is 2.34. The van der Waals surface area contributed by atoms with Crippen LogP contribution in [0.25, 0.3) is 0 Å². The Morgan fingerprint density at radius 1 is 1.09 bits per heavy atom. The molecule has 0 unspecified atom stereocenters. The van der Waals surface area contributed by atoms with Crippen LogP contribution in [-0.4, -0.2) is 31.1 Å². The molecule has 0 aliphatic heterocycles. The van der Waals surface area contributed by atoms with Gasteiger partial charge in [-0.2, -0.15) is 0 Å². The van der Waals surface area contributed by atoms with E-state index in [-0.39, 0.29) is 34.6 Å². The summed E-state index contributed by atoms with van der Waals surface area (Å²) in [6.45, 7) is 9.02. The average Bonchev–Trinajstić information content (AvgIpc) is 2.75. The van der Waals surface area contributed by atoms with Crippen LogP contribution in [0.2, 0.25) is 0 Å². The van der Waals surface area contributed by atoms with Crippen LogP contribution in [0.3, 0.4) is 0 Å². The van der Waals surface area contributed by atoms with Crippen molar-refractivity contribution in [3.63, 3.8) is 0 Å². The predicted molar refractivity (Wildman–Crippen MR) is 89.0 cm³/mol. The maximum absolute atomic E-state index is 12.1. The van der Waals surface area contributed by atoms with E-state index in [4.69, 9.17) is 9.47 Å². The molecule has 0 aromatic carbocycles. The molecule has 6 nitrogen and oxygen atoms in total. The van der Waals surface area contributed by atoms with Gasteiger partial charge < -0.3 is 14.8 Å². The molecular formula is C16H21NO5S. The van der Waals surface area contributed by atoms with Gasteiger partial charge in [0.05, 0.1) is 18.8 Å². The molecule has 0 saturated heterocycles. The minimum Gasteiger partial charge on any atom is -0.462 e. The van der Waals surface area contributed by atoms with Crippen LogP contribution in [-0.2, 0) is 14.3 Å². The number of hydrogen-bond acceptors (Lipinski definition) is 6. The second-order valence-corrected chi connectivity index (χ2v) is 5.93. The third-order valence-corrected chi connectivity index (χ3v) is 3.93. The molecule has 0 spiro atoms. The summed E-state index contributed by atoms with van der Waals surface area (Å²) in [4.78, 5) is 36.3. The fourth-order valence-corrected chi connectivity index (χ4v) is 2.94. The van der Waals surface area contributed by atoms with Crippen molar-refractivity contribution < 1.29 is 23.9 Å². The molecule has 0 radical (unpaired) electrons. The Hall–Kier alpha value is -2.15. The maximum atomic E-state index is 12.1. The third kappa shape index (κ3) is 4.92. The molecule has 0 bridgehead atoms. The molecule has 0 aliphatic carbocycles. The Morgan fingerprint density at radius 3 is 2.17 bits per heavy atom. The lowest BCUT2D eigenvalue weighted by molar-refractivity contribution is -0.111.